The largest absolute Gasteiger partial charge is 0.481 e. The lowest BCUT2D eigenvalue weighted by Crippen LogP contribution is -2.32. The predicted octanol–water partition coefficient (Wildman–Crippen LogP) is 2.77. The molecular formula is C23H24N6O2. The zero-order valence-corrected chi connectivity index (χ0v) is 17.5. The molecule has 3 heterocycles. The number of hydrogen-bond donors (Lipinski definition) is 2. The zero-order chi connectivity index (χ0) is 21.8. The molecule has 8 heteroatoms. The number of nitrogens with zero attached hydrogens (tertiary/aromatic N) is 5. The van der Waals surface area contributed by atoms with E-state index in [1.807, 2.05) is 25.1 Å². The second kappa shape index (κ2) is 8.98. The molecule has 158 valence electrons. The van der Waals surface area contributed by atoms with Crippen LogP contribution >= 0.6 is 0 Å². The molecule has 0 unspecified atom stereocenters. The van der Waals surface area contributed by atoms with Gasteiger partial charge in [0.1, 0.15) is 18.2 Å². The number of nitrogens with one attached hydrogen (secondary N) is 1. The Labute approximate surface area is 181 Å². The number of anilines is 2. The molecule has 1 aromatic carbocycles. The lowest BCUT2D eigenvalue weighted by molar-refractivity contribution is 0.191. The summed E-state index contributed by atoms with van der Waals surface area (Å²) in [6.45, 7) is 3.64. The van der Waals surface area contributed by atoms with Crippen LogP contribution in [0.3, 0.4) is 0 Å². The fourth-order valence-electron chi connectivity index (χ4n) is 3.74. The Hall–Kier alpha value is -3.70. The number of pyridine rings is 1. The van der Waals surface area contributed by atoms with Crippen molar-refractivity contribution >= 4 is 11.5 Å². The van der Waals surface area contributed by atoms with E-state index in [2.05, 4.69) is 31.2 Å². The molecule has 1 atom stereocenters. The Bertz CT molecular complexity index is 1110. The highest BCUT2D eigenvalue weighted by Gasteiger charge is 2.23. The van der Waals surface area contributed by atoms with Gasteiger partial charge < -0.3 is 20.1 Å². The van der Waals surface area contributed by atoms with Crippen molar-refractivity contribution in [2.45, 2.75) is 26.0 Å². The normalized spacial score (nSPS) is 13.8. The van der Waals surface area contributed by atoms with Crippen LogP contribution in [0, 0.1) is 18.3 Å². The van der Waals surface area contributed by atoms with Gasteiger partial charge in [0.05, 0.1) is 30.2 Å². The van der Waals surface area contributed by atoms with Gasteiger partial charge in [-0.2, -0.15) is 5.26 Å². The quantitative estimate of drug-likeness (QED) is 0.632. The number of aliphatic hydroxyl groups is 1. The van der Waals surface area contributed by atoms with E-state index in [9.17, 15) is 10.4 Å². The Morgan fingerprint density at radius 2 is 2.13 bits per heavy atom. The molecular weight excluding hydrogens is 392 g/mol. The summed E-state index contributed by atoms with van der Waals surface area (Å²) < 4.78 is 5.06. The first-order valence-corrected chi connectivity index (χ1v) is 10.1. The van der Waals surface area contributed by atoms with E-state index in [1.165, 1.54) is 0 Å². The van der Waals surface area contributed by atoms with Gasteiger partial charge in [-0.25, -0.2) is 15.0 Å². The van der Waals surface area contributed by atoms with E-state index in [1.54, 1.807) is 31.8 Å². The van der Waals surface area contributed by atoms with Gasteiger partial charge >= 0.3 is 0 Å². The number of aromatic nitrogens is 3. The van der Waals surface area contributed by atoms with Gasteiger partial charge in [0.2, 0.25) is 5.88 Å². The van der Waals surface area contributed by atoms with E-state index < -0.39 is 6.10 Å². The maximum Gasteiger partial charge on any atom is 0.212 e. The molecule has 2 aromatic heterocycles. The molecule has 1 aliphatic rings. The molecule has 4 rings (SSSR count). The van der Waals surface area contributed by atoms with Gasteiger partial charge in [0.25, 0.3) is 0 Å². The van der Waals surface area contributed by atoms with E-state index in [4.69, 9.17) is 4.74 Å². The Morgan fingerprint density at radius 3 is 2.87 bits per heavy atom. The summed E-state index contributed by atoms with van der Waals surface area (Å²) in [4.78, 5) is 15.2. The Kier molecular flexibility index (Phi) is 5.96. The van der Waals surface area contributed by atoms with E-state index >= 15 is 0 Å². The highest BCUT2D eigenvalue weighted by Crippen LogP contribution is 2.30. The smallest absolute Gasteiger partial charge is 0.212 e. The molecule has 1 aliphatic heterocycles. The van der Waals surface area contributed by atoms with E-state index in [-0.39, 0.29) is 6.54 Å². The van der Waals surface area contributed by atoms with Crippen molar-refractivity contribution in [3.63, 3.8) is 0 Å². The molecule has 2 N–H and O–H groups in total. The number of aliphatic hydroxyl groups excluding tert-OH is 1. The van der Waals surface area contributed by atoms with Crippen molar-refractivity contribution in [1.29, 1.82) is 5.26 Å². The molecule has 0 radical (unpaired) electrons. The number of rotatable bonds is 6. The molecule has 31 heavy (non-hydrogen) atoms. The standard InChI is InChI=1S/C23H24N6O2/c1-15-3-5-20(17(9-15)10-24)29-8-7-19-18(13-29)23(28-14-27-19)26-12-21(30)16-4-6-22(31-2)25-11-16/h3-6,9,11,14,21,30H,7-8,12-13H2,1-2H3,(H,26,27,28)/t21-/m1/s1. The van der Waals surface area contributed by atoms with Gasteiger partial charge in [-0.15, -0.1) is 0 Å². The monoisotopic (exact) mass is 416 g/mol. The molecule has 0 saturated heterocycles. The number of benzene rings is 1. The Morgan fingerprint density at radius 1 is 1.26 bits per heavy atom. The van der Waals surface area contributed by atoms with Crippen LogP contribution in [-0.2, 0) is 13.0 Å². The van der Waals surface area contributed by atoms with Crippen LogP contribution in [0.4, 0.5) is 11.5 Å². The van der Waals surface area contributed by atoms with Crippen molar-refractivity contribution in [2.24, 2.45) is 0 Å². The topological polar surface area (TPSA) is 107 Å². The summed E-state index contributed by atoms with van der Waals surface area (Å²) in [6, 6.07) is 11.7. The summed E-state index contributed by atoms with van der Waals surface area (Å²) >= 11 is 0. The number of nitriles is 1. The van der Waals surface area contributed by atoms with Gasteiger partial charge in [0, 0.05) is 49.4 Å². The van der Waals surface area contributed by atoms with Crippen LogP contribution in [0.1, 0.15) is 34.1 Å². The molecule has 0 fully saturated rings. The number of hydrogen-bond acceptors (Lipinski definition) is 8. The van der Waals surface area contributed by atoms with E-state index in [0.717, 1.165) is 35.5 Å². The third-order valence-corrected chi connectivity index (χ3v) is 5.43. The molecule has 0 saturated carbocycles. The summed E-state index contributed by atoms with van der Waals surface area (Å²) in [5, 5.41) is 23.4. The van der Waals surface area contributed by atoms with Crippen LogP contribution in [0.5, 0.6) is 5.88 Å². The van der Waals surface area contributed by atoms with Crippen molar-refractivity contribution in [2.75, 3.05) is 30.4 Å². The number of methoxy groups -OCH3 is 1. The minimum atomic E-state index is -0.744. The summed E-state index contributed by atoms with van der Waals surface area (Å²) in [6.07, 6.45) is 3.16. The molecule has 3 aromatic rings. The van der Waals surface area contributed by atoms with Crippen LogP contribution in [0.2, 0.25) is 0 Å². The SMILES string of the molecule is COc1ccc([C@H](O)CNc2ncnc3c2CN(c2ccc(C)cc2C#N)CC3)cn1. The highest BCUT2D eigenvalue weighted by atomic mass is 16.5. The third kappa shape index (κ3) is 4.42. The predicted molar refractivity (Wildman–Crippen MR) is 117 cm³/mol. The average Bonchev–Trinajstić information content (AvgIpc) is 2.82. The van der Waals surface area contributed by atoms with Crippen LogP contribution in [0.25, 0.3) is 0 Å². The van der Waals surface area contributed by atoms with Crippen LogP contribution < -0.4 is 15.0 Å². The molecule has 0 bridgehead atoms. The first-order chi connectivity index (χ1) is 15.1. The van der Waals surface area contributed by atoms with Crippen molar-refractivity contribution < 1.29 is 9.84 Å². The van der Waals surface area contributed by atoms with E-state index in [0.29, 0.717) is 29.4 Å². The average molecular weight is 416 g/mol. The van der Waals surface area contributed by atoms with Crippen LogP contribution in [-0.4, -0.2) is 40.3 Å². The van der Waals surface area contributed by atoms with Crippen molar-refractivity contribution in [1.82, 2.24) is 15.0 Å². The number of fused-ring (bicyclic) bond motifs is 1. The maximum absolute atomic E-state index is 10.5. The number of aryl methyl sites for hydroxylation is 1. The minimum Gasteiger partial charge on any atom is -0.481 e. The fraction of sp³-hybridized carbons (Fsp3) is 0.304. The summed E-state index contributed by atoms with van der Waals surface area (Å²) in [5.74, 6) is 1.20. The first kappa shape index (κ1) is 20.6. The molecule has 8 nitrogen and oxygen atoms in total. The van der Waals surface area contributed by atoms with Crippen molar-refractivity contribution in [3.8, 4) is 11.9 Å². The minimum absolute atomic E-state index is 0.283. The van der Waals surface area contributed by atoms with Gasteiger partial charge in [-0.1, -0.05) is 6.07 Å². The van der Waals surface area contributed by atoms with Crippen LogP contribution in [0.15, 0.2) is 42.9 Å². The third-order valence-electron chi connectivity index (χ3n) is 5.43. The molecule has 0 aliphatic carbocycles. The molecule has 0 amide bonds. The second-order valence-corrected chi connectivity index (χ2v) is 7.48. The van der Waals surface area contributed by atoms with Crippen molar-refractivity contribution in [3.05, 3.63) is 70.8 Å². The Balaban J connectivity index is 1.51. The van der Waals surface area contributed by atoms with Gasteiger partial charge in [-0.05, 0) is 30.7 Å². The summed E-state index contributed by atoms with van der Waals surface area (Å²) in [7, 11) is 1.55. The second-order valence-electron chi connectivity index (χ2n) is 7.48. The highest BCUT2D eigenvalue weighted by molar-refractivity contribution is 5.62. The fourth-order valence-corrected chi connectivity index (χ4v) is 3.74. The first-order valence-electron chi connectivity index (χ1n) is 10.1. The maximum atomic E-state index is 10.5. The van der Waals surface area contributed by atoms with Gasteiger partial charge in [-0.3, -0.25) is 0 Å². The molecule has 0 spiro atoms. The number of ether oxygens (including phenoxy) is 1. The van der Waals surface area contributed by atoms with Gasteiger partial charge in [0.15, 0.2) is 0 Å². The lowest BCUT2D eigenvalue weighted by Gasteiger charge is -2.31. The lowest BCUT2D eigenvalue weighted by atomic mass is 10.0. The zero-order valence-electron chi connectivity index (χ0n) is 17.5. The summed E-state index contributed by atoms with van der Waals surface area (Å²) in [5.41, 5.74) is 5.30.